The second kappa shape index (κ2) is 15.2. The topological polar surface area (TPSA) is 117 Å². The zero-order chi connectivity index (χ0) is 32.9. The lowest BCUT2D eigenvalue weighted by Gasteiger charge is -2.48. The molecule has 2 fully saturated rings. The molecule has 7 rings (SSSR count). The van der Waals surface area contributed by atoms with Gasteiger partial charge in [-0.25, -0.2) is 9.36 Å². The molecule has 5 aromatic rings. The van der Waals surface area contributed by atoms with E-state index in [1.807, 2.05) is 91.3 Å². The lowest BCUT2D eigenvalue weighted by molar-refractivity contribution is -0.369. The third-order valence-electron chi connectivity index (χ3n) is 8.07. The van der Waals surface area contributed by atoms with E-state index in [0.29, 0.717) is 34.5 Å². The predicted molar refractivity (Wildman–Crippen MR) is 174 cm³/mol. The van der Waals surface area contributed by atoms with E-state index in [1.54, 1.807) is 16.5 Å². The number of rotatable bonds is 12. The molecule has 0 spiro atoms. The standard InChI is InChI=1S/C34H34Cl2N6O6/c1-43-34-32(45-20-28-18-42(40-38-28)16-23-8-6-12-26(36)14-23)31(30-29(47-34)21-46-33(48-30)24-9-3-2-4-10-24)44-19-27-17-41(39-37-27)15-22-7-5-11-25(35)13-22/h2-14,17-18,29-34H,15-16,19-21H2,1H3. The summed E-state index contributed by atoms with van der Waals surface area (Å²) in [7, 11) is 1.57. The number of hydrogen-bond acceptors (Lipinski definition) is 10. The molecule has 12 nitrogen and oxygen atoms in total. The molecule has 2 saturated heterocycles. The summed E-state index contributed by atoms with van der Waals surface area (Å²) in [5.41, 5.74) is 4.18. The van der Waals surface area contributed by atoms with Crippen LogP contribution in [-0.4, -0.2) is 74.4 Å². The molecular weight excluding hydrogens is 659 g/mol. The van der Waals surface area contributed by atoms with Gasteiger partial charge in [0, 0.05) is 22.7 Å². The average Bonchev–Trinajstić information content (AvgIpc) is 3.75. The van der Waals surface area contributed by atoms with Crippen molar-refractivity contribution in [3.8, 4) is 0 Å². The average molecular weight is 694 g/mol. The van der Waals surface area contributed by atoms with Gasteiger partial charge in [0.1, 0.15) is 35.8 Å². The molecule has 6 atom stereocenters. The molecular formula is C34H34Cl2N6O6. The Kier molecular flexibility index (Phi) is 10.4. The highest BCUT2D eigenvalue weighted by atomic mass is 35.5. The van der Waals surface area contributed by atoms with Gasteiger partial charge in [-0.3, -0.25) is 0 Å². The number of ether oxygens (including phenoxy) is 6. The van der Waals surface area contributed by atoms with Gasteiger partial charge in [0.15, 0.2) is 12.6 Å². The zero-order valence-electron chi connectivity index (χ0n) is 26.0. The van der Waals surface area contributed by atoms with Gasteiger partial charge in [-0.1, -0.05) is 88.2 Å². The molecule has 0 bridgehead atoms. The van der Waals surface area contributed by atoms with Gasteiger partial charge >= 0.3 is 0 Å². The number of halogens is 2. The Hall–Kier alpha value is -3.72. The minimum absolute atomic E-state index is 0.134. The van der Waals surface area contributed by atoms with Crippen LogP contribution in [0, 0.1) is 0 Å². The van der Waals surface area contributed by atoms with Crippen molar-refractivity contribution in [1.29, 1.82) is 0 Å². The third-order valence-corrected chi connectivity index (χ3v) is 8.54. The zero-order valence-corrected chi connectivity index (χ0v) is 27.6. The Balaban J connectivity index is 1.08. The summed E-state index contributed by atoms with van der Waals surface area (Å²) in [6.07, 6.45) is -0.00810. The number of nitrogens with zero attached hydrogens (tertiary/aromatic N) is 6. The molecule has 0 aliphatic carbocycles. The Labute approximate surface area is 287 Å². The van der Waals surface area contributed by atoms with Gasteiger partial charge in [0.2, 0.25) is 0 Å². The van der Waals surface area contributed by atoms with Crippen LogP contribution in [0.1, 0.15) is 34.4 Å². The highest BCUT2D eigenvalue weighted by molar-refractivity contribution is 6.30. The first-order chi connectivity index (χ1) is 23.5. The van der Waals surface area contributed by atoms with E-state index in [1.165, 1.54) is 0 Å². The van der Waals surface area contributed by atoms with E-state index < -0.39 is 37.0 Å². The van der Waals surface area contributed by atoms with Gasteiger partial charge < -0.3 is 28.4 Å². The van der Waals surface area contributed by atoms with Crippen molar-refractivity contribution in [1.82, 2.24) is 30.0 Å². The van der Waals surface area contributed by atoms with Gasteiger partial charge in [0.25, 0.3) is 0 Å². The molecule has 0 amide bonds. The summed E-state index contributed by atoms with van der Waals surface area (Å²) in [5, 5.41) is 18.5. The maximum atomic E-state index is 6.58. The van der Waals surface area contributed by atoms with E-state index in [2.05, 4.69) is 20.6 Å². The van der Waals surface area contributed by atoms with Crippen LogP contribution in [0.3, 0.4) is 0 Å². The molecule has 14 heteroatoms. The number of fused-ring (bicyclic) bond motifs is 1. The van der Waals surface area contributed by atoms with Crippen molar-refractivity contribution in [3.63, 3.8) is 0 Å². The first-order valence-corrected chi connectivity index (χ1v) is 16.3. The summed E-state index contributed by atoms with van der Waals surface area (Å²) in [6, 6.07) is 25.0. The molecule has 48 heavy (non-hydrogen) atoms. The number of hydrogen-bond donors (Lipinski definition) is 0. The van der Waals surface area contributed by atoms with Crippen LogP contribution in [0.5, 0.6) is 0 Å². The summed E-state index contributed by atoms with van der Waals surface area (Å²) in [6.45, 7) is 1.60. The molecule has 6 unspecified atom stereocenters. The largest absolute Gasteiger partial charge is 0.366 e. The van der Waals surface area contributed by atoms with Crippen molar-refractivity contribution in [3.05, 3.63) is 129 Å². The van der Waals surface area contributed by atoms with Crippen molar-refractivity contribution < 1.29 is 28.4 Å². The fourth-order valence-electron chi connectivity index (χ4n) is 5.85. The second-order valence-corrected chi connectivity index (χ2v) is 12.5. The van der Waals surface area contributed by atoms with Crippen molar-refractivity contribution in [2.75, 3.05) is 13.7 Å². The smallest absolute Gasteiger partial charge is 0.186 e. The Bertz CT molecular complexity index is 1790. The van der Waals surface area contributed by atoms with Crippen LogP contribution in [-0.2, 0) is 54.7 Å². The van der Waals surface area contributed by atoms with Crippen LogP contribution in [0.4, 0.5) is 0 Å². The van der Waals surface area contributed by atoms with Crippen LogP contribution < -0.4 is 0 Å². The SMILES string of the molecule is COC1OC2COC(c3ccccc3)OC2C(OCc2cn(Cc3cccc(Cl)c3)nn2)C1OCc1cn(Cc2cccc(Cl)c2)nn1. The molecule has 2 aliphatic heterocycles. The predicted octanol–water partition coefficient (Wildman–Crippen LogP) is 5.23. The van der Waals surface area contributed by atoms with Crippen LogP contribution in [0.2, 0.25) is 10.0 Å². The molecule has 2 aromatic heterocycles. The van der Waals surface area contributed by atoms with Crippen molar-refractivity contribution in [2.45, 2.75) is 63.3 Å². The van der Waals surface area contributed by atoms with E-state index in [-0.39, 0.29) is 19.8 Å². The summed E-state index contributed by atoms with van der Waals surface area (Å²) >= 11 is 12.3. The first-order valence-electron chi connectivity index (χ1n) is 15.5. The molecule has 2 aliphatic rings. The van der Waals surface area contributed by atoms with Crippen LogP contribution >= 0.6 is 23.2 Å². The van der Waals surface area contributed by atoms with Gasteiger partial charge in [-0.2, -0.15) is 0 Å². The first kappa shape index (κ1) is 32.8. The molecule has 0 N–H and O–H groups in total. The van der Waals surface area contributed by atoms with E-state index in [0.717, 1.165) is 16.7 Å². The van der Waals surface area contributed by atoms with Gasteiger partial charge in [0.05, 0.1) is 45.3 Å². The highest BCUT2D eigenvalue weighted by Gasteiger charge is 2.51. The Morgan fingerprint density at radius 3 is 1.94 bits per heavy atom. The maximum absolute atomic E-state index is 6.58. The summed E-state index contributed by atoms with van der Waals surface area (Å²) in [5.74, 6) is 0. The van der Waals surface area contributed by atoms with Gasteiger partial charge in [-0.15, -0.1) is 10.2 Å². The van der Waals surface area contributed by atoms with Crippen molar-refractivity contribution in [2.24, 2.45) is 0 Å². The molecule has 250 valence electrons. The van der Waals surface area contributed by atoms with Crippen LogP contribution in [0.25, 0.3) is 0 Å². The fourth-order valence-corrected chi connectivity index (χ4v) is 6.28. The van der Waals surface area contributed by atoms with E-state index in [9.17, 15) is 0 Å². The number of aromatic nitrogens is 6. The third kappa shape index (κ3) is 7.94. The molecule has 3 aromatic carbocycles. The van der Waals surface area contributed by atoms with Crippen molar-refractivity contribution >= 4 is 23.2 Å². The molecule has 0 saturated carbocycles. The highest BCUT2D eigenvalue weighted by Crippen LogP contribution is 2.37. The lowest BCUT2D eigenvalue weighted by atomic mass is 9.97. The Morgan fingerprint density at radius 1 is 0.750 bits per heavy atom. The molecule has 0 radical (unpaired) electrons. The maximum Gasteiger partial charge on any atom is 0.186 e. The quantitative estimate of drug-likeness (QED) is 0.172. The number of methoxy groups -OCH3 is 1. The van der Waals surface area contributed by atoms with Gasteiger partial charge in [-0.05, 0) is 35.4 Å². The van der Waals surface area contributed by atoms with Crippen LogP contribution in [0.15, 0.2) is 91.3 Å². The Morgan fingerprint density at radius 2 is 1.35 bits per heavy atom. The monoisotopic (exact) mass is 692 g/mol. The summed E-state index contributed by atoms with van der Waals surface area (Å²) in [4.78, 5) is 0. The fraction of sp³-hybridized carbons (Fsp3) is 0.353. The lowest BCUT2D eigenvalue weighted by Crippen LogP contribution is -2.63. The number of benzene rings is 3. The van der Waals surface area contributed by atoms with E-state index >= 15 is 0 Å². The van der Waals surface area contributed by atoms with E-state index in [4.69, 9.17) is 51.6 Å². The summed E-state index contributed by atoms with van der Waals surface area (Å²) < 4.78 is 41.2. The minimum atomic E-state index is -0.767. The second-order valence-electron chi connectivity index (χ2n) is 11.6. The normalized spacial score (nSPS) is 24.0. The minimum Gasteiger partial charge on any atom is -0.366 e. The molecule has 4 heterocycles.